The van der Waals surface area contributed by atoms with E-state index in [0.717, 1.165) is 61.4 Å². The van der Waals surface area contributed by atoms with E-state index in [2.05, 4.69) is 49.3 Å². The highest BCUT2D eigenvalue weighted by Crippen LogP contribution is 2.43. The Labute approximate surface area is 208 Å². The zero-order valence-electron chi connectivity index (χ0n) is 21.6. The van der Waals surface area contributed by atoms with Crippen LogP contribution in [0.1, 0.15) is 68.7 Å². The van der Waals surface area contributed by atoms with Gasteiger partial charge in [0.15, 0.2) is 11.5 Å². The summed E-state index contributed by atoms with van der Waals surface area (Å²) >= 11 is 0. The SMILES string of the molecule is CCOc1cc2c(cc1OC)CCN(C=O)C2C(C)CCC(CC)c1c[nH]c2ccc(OC)cc12. The Balaban J connectivity index is 1.58. The largest absolute Gasteiger partial charge is 0.497 e. The van der Waals surface area contributed by atoms with Gasteiger partial charge in [-0.2, -0.15) is 0 Å². The summed E-state index contributed by atoms with van der Waals surface area (Å²) in [5.41, 5.74) is 4.91. The molecule has 2 heterocycles. The second-order valence-corrected chi connectivity index (χ2v) is 9.49. The molecule has 0 saturated heterocycles. The van der Waals surface area contributed by atoms with Crippen LogP contribution in [-0.2, 0) is 11.2 Å². The maximum Gasteiger partial charge on any atom is 0.210 e. The predicted molar refractivity (Wildman–Crippen MR) is 140 cm³/mol. The van der Waals surface area contributed by atoms with Crippen molar-refractivity contribution in [3.63, 3.8) is 0 Å². The smallest absolute Gasteiger partial charge is 0.210 e. The molecule has 0 fully saturated rings. The highest BCUT2D eigenvalue weighted by atomic mass is 16.5. The van der Waals surface area contributed by atoms with E-state index in [-0.39, 0.29) is 6.04 Å². The van der Waals surface area contributed by atoms with Gasteiger partial charge in [-0.15, -0.1) is 0 Å². The van der Waals surface area contributed by atoms with Crippen molar-refractivity contribution in [1.29, 1.82) is 0 Å². The average Bonchev–Trinajstić information content (AvgIpc) is 3.31. The quantitative estimate of drug-likeness (QED) is 0.331. The minimum atomic E-state index is 0.0296. The molecule has 6 nitrogen and oxygen atoms in total. The van der Waals surface area contributed by atoms with Gasteiger partial charge in [0.2, 0.25) is 6.41 Å². The molecule has 35 heavy (non-hydrogen) atoms. The normalized spacial score (nSPS) is 17.1. The van der Waals surface area contributed by atoms with Crippen molar-refractivity contribution < 1.29 is 19.0 Å². The Bertz CT molecular complexity index is 1160. The van der Waals surface area contributed by atoms with Gasteiger partial charge in [-0.25, -0.2) is 0 Å². The zero-order valence-corrected chi connectivity index (χ0v) is 21.6. The molecule has 1 aliphatic rings. The van der Waals surface area contributed by atoms with Crippen LogP contribution >= 0.6 is 0 Å². The lowest BCUT2D eigenvalue weighted by Gasteiger charge is -2.39. The summed E-state index contributed by atoms with van der Waals surface area (Å²) in [6.07, 6.45) is 7.11. The number of nitrogens with zero attached hydrogens (tertiary/aromatic N) is 1. The van der Waals surface area contributed by atoms with E-state index < -0.39 is 0 Å². The van der Waals surface area contributed by atoms with Gasteiger partial charge in [-0.3, -0.25) is 4.79 Å². The van der Waals surface area contributed by atoms with Gasteiger partial charge in [0.05, 0.1) is 26.9 Å². The predicted octanol–water partition coefficient (Wildman–Crippen LogP) is 6.25. The minimum absolute atomic E-state index is 0.0296. The molecule has 0 spiro atoms. The Hall–Kier alpha value is -3.15. The molecule has 0 bridgehead atoms. The molecule has 0 aliphatic carbocycles. The summed E-state index contributed by atoms with van der Waals surface area (Å²) in [7, 11) is 3.38. The second-order valence-electron chi connectivity index (χ2n) is 9.49. The van der Waals surface area contributed by atoms with Gasteiger partial charge in [0.25, 0.3) is 0 Å². The van der Waals surface area contributed by atoms with Crippen LogP contribution in [0.2, 0.25) is 0 Å². The van der Waals surface area contributed by atoms with Crippen molar-refractivity contribution in [1.82, 2.24) is 9.88 Å². The number of fused-ring (bicyclic) bond motifs is 2. The Morgan fingerprint density at radius 2 is 1.94 bits per heavy atom. The number of carbonyl (C=O) groups excluding carboxylic acids is 1. The number of hydrogen-bond acceptors (Lipinski definition) is 4. The topological polar surface area (TPSA) is 63.8 Å². The van der Waals surface area contributed by atoms with Gasteiger partial charge in [0.1, 0.15) is 5.75 Å². The molecule has 1 aliphatic heterocycles. The van der Waals surface area contributed by atoms with Gasteiger partial charge in [-0.1, -0.05) is 13.8 Å². The van der Waals surface area contributed by atoms with Crippen molar-refractivity contribution in [3.8, 4) is 17.2 Å². The maximum absolute atomic E-state index is 12.1. The van der Waals surface area contributed by atoms with Crippen LogP contribution in [0, 0.1) is 5.92 Å². The number of hydrogen-bond donors (Lipinski definition) is 1. The second kappa shape index (κ2) is 11.1. The van der Waals surface area contributed by atoms with E-state index in [1.54, 1.807) is 14.2 Å². The Morgan fingerprint density at radius 1 is 1.11 bits per heavy atom. The maximum atomic E-state index is 12.1. The summed E-state index contributed by atoms with van der Waals surface area (Å²) in [5.74, 6) is 3.12. The molecule has 3 atom stereocenters. The van der Waals surface area contributed by atoms with Crippen LogP contribution in [0.3, 0.4) is 0 Å². The number of H-pyrrole nitrogens is 1. The number of carbonyl (C=O) groups is 1. The van der Waals surface area contributed by atoms with Gasteiger partial charge < -0.3 is 24.1 Å². The molecule has 1 N–H and O–H groups in total. The first kappa shape index (κ1) is 25.0. The molecule has 6 heteroatoms. The lowest BCUT2D eigenvalue weighted by molar-refractivity contribution is -0.121. The lowest BCUT2D eigenvalue weighted by Crippen LogP contribution is -2.38. The fourth-order valence-electron chi connectivity index (χ4n) is 5.64. The Morgan fingerprint density at radius 3 is 2.63 bits per heavy atom. The van der Waals surface area contributed by atoms with Crippen molar-refractivity contribution in [3.05, 3.63) is 53.2 Å². The standard InChI is InChI=1S/C29H38N2O4/c1-6-20(25-17-30-26-11-10-22(33-4)15-24(25)26)9-8-19(3)29-23-16-28(35-7-2)27(34-5)14-21(23)12-13-31(29)18-32/h10-11,14-20,29-30H,6-9,12-13H2,1-5H3. The van der Waals surface area contributed by atoms with Gasteiger partial charge >= 0.3 is 0 Å². The molecule has 1 amide bonds. The van der Waals surface area contributed by atoms with Crippen molar-refractivity contribution in [2.75, 3.05) is 27.4 Å². The minimum Gasteiger partial charge on any atom is -0.497 e. The molecular weight excluding hydrogens is 440 g/mol. The van der Waals surface area contributed by atoms with Crippen molar-refractivity contribution in [2.24, 2.45) is 5.92 Å². The zero-order chi connectivity index (χ0) is 24.9. The molecule has 3 unspecified atom stereocenters. The third-order valence-electron chi connectivity index (χ3n) is 7.54. The average molecular weight is 479 g/mol. The van der Waals surface area contributed by atoms with Crippen LogP contribution in [0.5, 0.6) is 17.2 Å². The molecule has 4 rings (SSSR count). The first-order valence-corrected chi connectivity index (χ1v) is 12.7. The van der Waals surface area contributed by atoms with E-state index in [1.807, 2.05) is 17.9 Å². The summed E-state index contributed by atoms with van der Waals surface area (Å²) in [5, 5.41) is 1.23. The fraction of sp³-hybridized carbons (Fsp3) is 0.483. The first-order chi connectivity index (χ1) is 17.0. The molecule has 3 aromatic rings. The van der Waals surface area contributed by atoms with Crippen molar-refractivity contribution in [2.45, 2.75) is 58.4 Å². The highest BCUT2D eigenvalue weighted by Gasteiger charge is 2.32. The first-order valence-electron chi connectivity index (χ1n) is 12.7. The Kier molecular flexibility index (Phi) is 7.89. The van der Waals surface area contributed by atoms with E-state index in [9.17, 15) is 4.79 Å². The van der Waals surface area contributed by atoms with Gasteiger partial charge in [0, 0.05) is 23.6 Å². The molecule has 188 valence electrons. The van der Waals surface area contributed by atoms with Crippen LogP contribution < -0.4 is 14.2 Å². The van der Waals surface area contributed by atoms with Gasteiger partial charge in [-0.05, 0) is 91.5 Å². The van der Waals surface area contributed by atoms with Crippen LogP contribution in [0.4, 0.5) is 0 Å². The lowest BCUT2D eigenvalue weighted by atomic mass is 9.81. The number of rotatable bonds is 11. The molecule has 0 saturated carbocycles. The number of benzene rings is 2. The van der Waals surface area contributed by atoms with E-state index >= 15 is 0 Å². The monoisotopic (exact) mass is 478 g/mol. The molecular formula is C29H38N2O4. The number of aromatic nitrogens is 1. The summed E-state index contributed by atoms with van der Waals surface area (Å²) in [6, 6.07) is 10.4. The number of amides is 1. The van der Waals surface area contributed by atoms with Crippen LogP contribution in [0.25, 0.3) is 10.9 Å². The van der Waals surface area contributed by atoms with Crippen LogP contribution in [-0.4, -0.2) is 43.7 Å². The summed E-state index contributed by atoms with van der Waals surface area (Å²) < 4.78 is 16.9. The highest BCUT2D eigenvalue weighted by molar-refractivity contribution is 5.85. The molecule has 0 radical (unpaired) electrons. The van der Waals surface area contributed by atoms with Crippen molar-refractivity contribution >= 4 is 17.3 Å². The van der Waals surface area contributed by atoms with E-state index in [0.29, 0.717) is 18.4 Å². The number of methoxy groups -OCH3 is 2. The fourth-order valence-corrected chi connectivity index (χ4v) is 5.64. The third kappa shape index (κ3) is 4.97. The number of aromatic amines is 1. The number of ether oxygens (including phenoxy) is 3. The number of nitrogens with one attached hydrogen (secondary N) is 1. The summed E-state index contributed by atoms with van der Waals surface area (Å²) in [4.78, 5) is 17.5. The molecule has 2 aromatic carbocycles. The van der Waals surface area contributed by atoms with E-state index in [1.165, 1.54) is 22.1 Å². The third-order valence-corrected chi connectivity index (χ3v) is 7.54. The molecule has 1 aromatic heterocycles. The van der Waals surface area contributed by atoms with E-state index in [4.69, 9.17) is 14.2 Å². The van der Waals surface area contributed by atoms with Crippen LogP contribution in [0.15, 0.2) is 36.5 Å². The summed E-state index contributed by atoms with van der Waals surface area (Å²) in [6.45, 7) is 7.79.